The van der Waals surface area contributed by atoms with Gasteiger partial charge in [-0.1, -0.05) is 48.0 Å². The van der Waals surface area contributed by atoms with Crippen LogP contribution in [-0.4, -0.2) is 66.2 Å². The third-order valence-electron chi connectivity index (χ3n) is 5.68. The highest BCUT2D eigenvalue weighted by atomic mass is 16.5. The minimum absolute atomic E-state index is 0.106. The lowest BCUT2D eigenvalue weighted by atomic mass is 9.98. The van der Waals surface area contributed by atoms with Gasteiger partial charge in [-0.15, -0.1) is 0 Å². The molecule has 0 unspecified atom stereocenters. The van der Waals surface area contributed by atoms with Gasteiger partial charge >= 0.3 is 5.97 Å². The first-order valence-corrected chi connectivity index (χ1v) is 10.9. The average molecular weight is 460 g/mol. The summed E-state index contributed by atoms with van der Waals surface area (Å²) in [5, 5.41) is 0. The first kappa shape index (κ1) is 23.0. The van der Waals surface area contributed by atoms with Gasteiger partial charge in [-0.3, -0.25) is 14.4 Å². The van der Waals surface area contributed by atoms with E-state index >= 15 is 0 Å². The van der Waals surface area contributed by atoms with E-state index < -0.39 is 12.6 Å². The number of esters is 1. The monoisotopic (exact) mass is 460 g/mol. The zero-order valence-electron chi connectivity index (χ0n) is 18.7. The zero-order chi connectivity index (χ0) is 24.1. The summed E-state index contributed by atoms with van der Waals surface area (Å²) in [5.41, 5.74) is 1.81. The molecular formula is C26H24N2O6. The van der Waals surface area contributed by atoms with Crippen LogP contribution in [0.4, 0.5) is 0 Å². The third kappa shape index (κ3) is 5.06. The number of hydrogen-bond donors (Lipinski definition) is 0. The van der Waals surface area contributed by atoms with E-state index in [1.807, 2.05) is 19.1 Å². The maximum absolute atomic E-state index is 12.9. The Bertz CT molecular complexity index is 1190. The van der Waals surface area contributed by atoms with Crippen molar-refractivity contribution in [1.82, 2.24) is 9.80 Å². The number of ketones is 1. The Morgan fingerprint density at radius 3 is 2.12 bits per heavy atom. The molecule has 4 rings (SSSR count). The summed E-state index contributed by atoms with van der Waals surface area (Å²) < 4.78 is 10.4. The van der Waals surface area contributed by atoms with Crippen LogP contribution in [-0.2, 0) is 9.53 Å². The van der Waals surface area contributed by atoms with Crippen LogP contribution in [0.15, 0.2) is 71.3 Å². The van der Waals surface area contributed by atoms with Gasteiger partial charge in [0.2, 0.25) is 0 Å². The molecule has 2 aromatic carbocycles. The molecule has 3 aromatic rings. The fourth-order valence-corrected chi connectivity index (χ4v) is 3.73. The Hall–Kier alpha value is -4.20. The van der Waals surface area contributed by atoms with E-state index in [4.69, 9.17) is 9.15 Å². The number of furan rings is 1. The standard InChI is InChI=1S/C26H24N2O6/c1-18-8-10-19(11-9-18)24(30)20-5-2-3-6-21(20)26(32)34-17-23(29)27-12-14-28(15-13-27)25(31)22-7-4-16-33-22/h2-11,16H,12-15,17H2,1H3. The maximum Gasteiger partial charge on any atom is 0.339 e. The van der Waals surface area contributed by atoms with Gasteiger partial charge in [-0.05, 0) is 25.1 Å². The molecule has 8 nitrogen and oxygen atoms in total. The summed E-state index contributed by atoms with van der Waals surface area (Å²) in [6.07, 6.45) is 1.44. The van der Waals surface area contributed by atoms with Gasteiger partial charge in [-0.2, -0.15) is 0 Å². The highest BCUT2D eigenvalue weighted by Gasteiger charge is 2.27. The van der Waals surface area contributed by atoms with E-state index in [9.17, 15) is 19.2 Å². The van der Waals surface area contributed by atoms with Crippen molar-refractivity contribution < 1.29 is 28.3 Å². The van der Waals surface area contributed by atoms with E-state index in [0.717, 1.165) is 5.56 Å². The maximum atomic E-state index is 12.9. The number of amides is 2. The molecule has 0 spiro atoms. The lowest BCUT2D eigenvalue weighted by molar-refractivity contribution is -0.136. The molecule has 0 saturated carbocycles. The fraction of sp³-hybridized carbons (Fsp3) is 0.231. The highest BCUT2D eigenvalue weighted by Crippen LogP contribution is 2.17. The third-order valence-corrected chi connectivity index (χ3v) is 5.68. The molecule has 1 aliphatic rings. The van der Waals surface area contributed by atoms with Crippen molar-refractivity contribution in [2.45, 2.75) is 6.92 Å². The molecule has 1 saturated heterocycles. The SMILES string of the molecule is Cc1ccc(C(=O)c2ccccc2C(=O)OCC(=O)N2CCN(C(=O)c3ccco3)CC2)cc1. The number of piperazine rings is 1. The number of carbonyl (C=O) groups excluding carboxylic acids is 4. The first-order valence-electron chi connectivity index (χ1n) is 10.9. The molecule has 2 amide bonds. The van der Waals surface area contributed by atoms with Crippen molar-refractivity contribution in [3.8, 4) is 0 Å². The van der Waals surface area contributed by atoms with Gasteiger partial charge in [0.25, 0.3) is 11.8 Å². The van der Waals surface area contributed by atoms with Crippen LogP contribution in [0, 0.1) is 6.92 Å². The van der Waals surface area contributed by atoms with Crippen molar-refractivity contribution in [3.63, 3.8) is 0 Å². The molecule has 0 N–H and O–H groups in total. The number of hydrogen-bond acceptors (Lipinski definition) is 6. The van der Waals surface area contributed by atoms with Crippen LogP contribution in [0.1, 0.15) is 42.4 Å². The van der Waals surface area contributed by atoms with Gasteiger partial charge in [0, 0.05) is 37.3 Å². The van der Waals surface area contributed by atoms with E-state index in [1.165, 1.54) is 12.3 Å². The molecule has 8 heteroatoms. The summed E-state index contributed by atoms with van der Waals surface area (Å²) in [5.74, 6) is -1.36. The lowest BCUT2D eigenvalue weighted by Crippen LogP contribution is -2.51. The Balaban J connectivity index is 1.34. The number of ether oxygens (including phenoxy) is 1. The van der Waals surface area contributed by atoms with Crippen LogP contribution in [0.2, 0.25) is 0 Å². The molecule has 1 fully saturated rings. The highest BCUT2D eigenvalue weighted by molar-refractivity contribution is 6.14. The minimum Gasteiger partial charge on any atom is -0.459 e. The van der Waals surface area contributed by atoms with Gasteiger partial charge < -0.3 is 19.0 Å². The fourth-order valence-electron chi connectivity index (χ4n) is 3.73. The van der Waals surface area contributed by atoms with E-state index in [2.05, 4.69) is 0 Å². The van der Waals surface area contributed by atoms with Gasteiger partial charge in [0.05, 0.1) is 11.8 Å². The van der Waals surface area contributed by atoms with Crippen molar-refractivity contribution in [2.75, 3.05) is 32.8 Å². The first-order chi connectivity index (χ1) is 16.4. The number of aryl methyl sites for hydroxylation is 1. The van der Waals surface area contributed by atoms with Crippen LogP contribution in [0.25, 0.3) is 0 Å². The molecule has 34 heavy (non-hydrogen) atoms. The molecule has 0 aliphatic carbocycles. The van der Waals surface area contributed by atoms with Gasteiger partial charge in [0.1, 0.15) is 0 Å². The van der Waals surface area contributed by atoms with Crippen LogP contribution in [0.3, 0.4) is 0 Å². The van der Waals surface area contributed by atoms with Crippen molar-refractivity contribution in [1.29, 1.82) is 0 Å². The lowest BCUT2D eigenvalue weighted by Gasteiger charge is -2.34. The van der Waals surface area contributed by atoms with E-state index in [-0.39, 0.29) is 34.5 Å². The summed E-state index contributed by atoms with van der Waals surface area (Å²) in [7, 11) is 0. The van der Waals surface area contributed by atoms with Gasteiger partial charge in [0.15, 0.2) is 18.2 Å². The second-order valence-corrected chi connectivity index (χ2v) is 7.97. The predicted octanol–water partition coefficient (Wildman–Crippen LogP) is 2.96. The second-order valence-electron chi connectivity index (χ2n) is 7.97. The summed E-state index contributed by atoms with van der Waals surface area (Å²) in [6.45, 7) is 2.84. The normalized spacial score (nSPS) is 13.4. The molecule has 0 radical (unpaired) electrons. The Labute approximate surface area is 196 Å². The zero-order valence-corrected chi connectivity index (χ0v) is 18.7. The predicted molar refractivity (Wildman–Crippen MR) is 123 cm³/mol. The average Bonchev–Trinajstić information content (AvgIpc) is 3.42. The number of nitrogens with zero attached hydrogens (tertiary/aromatic N) is 2. The Morgan fingerprint density at radius 2 is 1.47 bits per heavy atom. The largest absolute Gasteiger partial charge is 0.459 e. The van der Waals surface area contributed by atoms with Crippen LogP contribution in [0.5, 0.6) is 0 Å². The summed E-state index contributed by atoms with van der Waals surface area (Å²) in [4.78, 5) is 53.7. The van der Waals surface area contributed by atoms with Crippen LogP contribution < -0.4 is 0 Å². The van der Waals surface area contributed by atoms with Gasteiger partial charge in [-0.25, -0.2) is 4.79 Å². The topological polar surface area (TPSA) is 97.1 Å². The second kappa shape index (κ2) is 10.2. The number of rotatable bonds is 6. The van der Waals surface area contributed by atoms with Crippen molar-refractivity contribution in [2.24, 2.45) is 0 Å². The van der Waals surface area contributed by atoms with E-state index in [0.29, 0.717) is 31.7 Å². The smallest absolute Gasteiger partial charge is 0.339 e. The van der Waals surface area contributed by atoms with Crippen molar-refractivity contribution in [3.05, 3.63) is 94.9 Å². The van der Waals surface area contributed by atoms with E-state index in [1.54, 1.807) is 52.3 Å². The Morgan fingerprint density at radius 1 is 0.824 bits per heavy atom. The minimum atomic E-state index is -0.740. The molecule has 0 atom stereocenters. The molecule has 0 bridgehead atoms. The molecule has 1 aliphatic heterocycles. The Kier molecular flexibility index (Phi) is 6.87. The summed E-state index contributed by atoms with van der Waals surface area (Å²) >= 11 is 0. The van der Waals surface area contributed by atoms with Crippen molar-refractivity contribution >= 4 is 23.6 Å². The molecule has 1 aromatic heterocycles. The molecule has 2 heterocycles. The number of carbonyl (C=O) groups is 4. The number of benzene rings is 2. The van der Waals surface area contributed by atoms with Crippen LogP contribution >= 0.6 is 0 Å². The molecular weight excluding hydrogens is 436 g/mol. The molecule has 174 valence electrons. The summed E-state index contributed by atoms with van der Waals surface area (Å²) in [6, 6.07) is 16.7. The quantitative estimate of drug-likeness (QED) is 0.415.